The molecule has 0 saturated heterocycles. The highest BCUT2D eigenvalue weighted by atomic mass is 35.5. The van der Waals surface area contributed by atoms with E-state index in [1.165, 1.54) is 12.1 Å². The van der Waals surface area contributed by atoms with Gasteiger partial charge in [-0.25, -0.2) is 4.39 Å². The van der Waals surface area contributed by atoms with Gasteiger partial charge >= 0.3 is 0 Å². The van der Waals surface area contributed by atoms with Crippen LogP contribution in [0.2, 0.25) is 5.02 Å². The summed E-state index contributed by atoms with van der Waals surface area (Å²) in [6.45, 7) is 3.81. The van der Waals surface area contributed by atoms with Crippen molar-refractivity contribution in [2.24, 2.45) is 5.92 Å². The van der Waals surface area contributed by atoms with Gasteiger partial charge in [0.15, 0.2) is 0 Å². The van der Waals surface area contributed by atoms with Crippen LogP contribution in [0.15, 0.2) is 18.2 Å². The van der Waals surface area contributed by atoms with Gasteiger partial charge in [-0.05, 0) is 25.0 Å². The van der Waals surface area contributed by atoms with Gasteiger partial charge in [-0.15, -0.1) is 11.6 Å². The number of hydrogen-bond donors (Lipinski definition) is 1. The SMILES string of the molecule is CC(CCl)C(C)NC(=O)Cc1c(F)cccc1Cl. The van der Waals surface area contributed by atoms with Gasteiger partial charge in [-0.2, -0.15) is 0 Å². The molecule has 0 fully saturated rings. The Balaban J connectivity index is 2.65. The predicted octanol–water partition coefficient (Wildman–Crippen LogP) is 3.40. The van der Waals surface area contributed by atoms with Crippen molar-refractivity contribution in [1.29, 1.82) is 0 Å². The molecule has 5 heteroatoms. The average molecular weight is 292 g/mol. The van der Waals surface area contributed by atoms with Crippen LogP contribution in [-0.4, -0.2) is 17.8 Å². The summed E-state index contributed by atoms with van der Waals surface area (Å²) in [6, 6.07) is 4.31. The monoisotopic (exact) mass is 291 g/mol. The van der Waals surface area contributed by atoms with Crippen LogP contribution in [-0.2, 0) is 11.2 Å². The van der Waals surface area contributed by atoms with Crippen LogP contribution in [0.25, 0.3) is 0 Å². The Labute approximate surface area is 116 Å². The number of hydrogen-bond acceptors (Lipinski definition) is 1. The Bertz CT molecular complexity index is 405. The van der Waals surface area contributed by atoms with E-state index in [0.29, 0.717) is 5.88 Å². The number of rotatable bonds is 5. The van der Waals surface area contributed by atoms with Gasteiger partial charge in [-0.3, -0.25) is 4.79 Å². The lowest BCUT2D eigenvalue weighted by Gasteiger charge is -2.19. The summed E-state index contributed by atoms with van der Waals surface area (Å²) in [5.41, 5.74) is 0.224. The fourth-order valence-electron chi connectivity index (χ4n) is 1.44. The number of carbonyl (C=O) groups is 1. The number of nitrogens with one attached hydrogen (secondary N) is 1. The first-order valence-electron chi connectivity index (χ1n) is 5.74. The Hall–Kier alpha value is -0.800. The van der Waals surface area contributed by atoms with Gasteiger partial charge in [0.05, 0.1) is 6.42 Å². The number of carbonyl (C=O) groups excluding carboxylic acids is 1. The van der Waals surface area contributed by atoms with Gasteiger partial charge in [0.1, 0.15) is 5.82 Å². The maximum absolute atomic E-state index is 13.5. The van der Waals surface area contributed by atoms with Crippen LogP contribution in [0.4, 0.5) is 4.39 Å². The zero-order valence-corrected chi connectivity index (χ0v) is 11.9. The van der Waals surface area contributed by atoms with Crippen molar-refractivity contribution in [3.8, 4) is 0 Å². The third-order valence-electron chi connectivity index (χ3n) is 2.88. The second kappa shape index (κ2) is 6.95. The van der Waals surface area contributed by atoms with E-state index in [1.54, 1.807) is 6.07 Å². The number of halogens is 3. The molecule has 1 aromatic carbocycles. The number of alkyl halides is 1. The molecular weight excluding hydrogens is 276 g/mol. The van der Waals surface area contributed by atoms with Crippen molar-refractivity contribution < 1.29 is 9.18 Å². The molecule has 0 aliphatic rings. The molecule has 18 heavy (non-hydrogen) atoms. The Morgan fingerprint density at radius 3 is 2.67 bits per heavy atom. The van der Waals surface area contributed by atoms with Crippen molar-refractivity contribution in [2.45, 2.75) is 26.3 Å². The van der Waals surface area contributed by atoms with Crippen LogP contribution in [0.5, 0.6) is 0 Å². The largest absolute Gasteiger partial charge is 0.353 e. The Morgan fingerprint density at radius 2 is 2.11 bits per heavy atom. The second-order valence-electron chi connectivity index (χ2n) is 4.36. The molecule has 0 aliphatic carbocycles. The van der Waals surface area contributed by atoms with E-state index in [2.05, 4.69) is 5.32 Å². The van der Waals surface area contributed by atoms with E-state index in [-0.39, 0.29) is 34.9 Å². The normalized spacial score (nSPS) is 14.1. The van der Waals surface area contributed by atoms with Gasteiger partial charge in [-0.1, -0.05) is 24.6 Å². The van der Waals surface area contributed by atoms with Crippen molar-refractivity contribution in [3.63, 3.8) is 0 Å². The minimum atomic E-state index is -0.462. The average Bonchev–Trinajstić information content (AvgIpc) is 2.32. The Morgan fingerprint density at radius 1 is 1.44 bits per heavy atom. The van der Waals surface area contributed by atoms with Crippen LogP contribution < -0.4 is 5.32 Å². The molecule has 0 heterocycles. The van der Waals surface area contributed by atoms with Crippen LogP contribution >= 0.6 is 23.2 Å². The lowest BCUT2D eigenvalue weighted by molar-refractivity contribution is -0.121. The summed E-state index contributed by atoms with van der Waals surface area (Å²) in [4.78, 5) is 11.8. The van der Waals surface area contributed by atoms with Gasteiger partial charge in [0.25, 0.3) is 0 Å². The molecule has 0 saturated carbocycles. The first kappa shape index (κ1) is 15.3. The summed E-state index contributed by atoms with van der Waals surface area (Å²) in [7, 11) is 0. The minimum Gasteiger partial charge on any atom is -0.353 e. The standard InChI is InChI=1S/C13H16Cl2FNO/c1-8(7-14)9(2)17-13(18)6-10-11(15)4-3-5-12(10)16/h3-5,8-9H,6-7H2,1-2H3,(H,17,18). The maximum atomic E-state index is 13.5. The lowest BCUT2D eigenvalue weighted by Crippen LogP contribution is -2.38. The summed E-state index contributed by atoms with van der Waals surface area (Å²) in [5, 5.41) is 3.05. The highest BCUT2D eigenvalue weighted by molar-refractivity contribution is 6.31. The molecule has 1 rings (SSSR count). The molecule has 0 spiro atoms. The molecule has 0 aliphatic heterocycles. The van der Waals surface area contributed by atoms with Crippen LogP contribution in [0.1, 0.15) is 19.4 Å². The lowest BCUT2D eigenvalue weighted by atomic mass is 10.1. The molecule has 100 valence electrons. The van der Waals surface area contributed by atoms with Crippen molar-refractivity contribution >= 4 is 29.1 Å². The molecule has 1 amide bonds. The molecule has 0 bridgehead atoms. The highest BCUT2D eigenvalue weighted by Crippen LogP contribution is 2.19. The maximum Gasteiger partial charge on any atom is 0.224 e. The molecule has 0 aromatic heterocycles. The van der Waals surface area contributed by atoms with Crippen molar-refractivity contribution in [1.82, 2.24) is 5.32 Å². The fraction of sp³-hybridized carbons (Fsp3) is 0.462. The van der Waals surface area contributed by atoms with Gasteiger partial charge in [0.2, 0.25) is 5.91 Å². The molecule has 1 aromatic rings. The molecule has 0 radical (unpaired) electrons. The molecular formula is C13H16Cl2FNO. The minimum absolute atomic E-state index is 0.0550. The predicted molar refractivity (Wildman–Crippen MR) is 72.6 cm³/mol. The second-order valence-corrected chi connectivity index (χ2v) is 5.08. The Kier molecular flexibility index (Phi) is 5.89. The van der Waals surface area contributed by atoms with Crippen molar-refractivity contribution in [3.05, 3.63) is 34.6 Å². The van der Waals surface area contributed by atoms with E-state index in [1.807, 2.05) is 13.8 Å². The number of amides is 1. The van der Waals surface area contributed by atoms with Gasteiger partial charge in [0, 0.05) is 22.5 Å². The van der Waals surface area contributed by atoms with E-state index in [0.717, 1.165) is 0 Å². The fourth-order valence-corrected chi connectivity index (χ4v) is 1.94. The third kappa shape index (κ3) is 4.14. The number of benzene rings is 1. The summed E-state index contributed by atoms with van der Waals surface area (Å²) < 4.78 is 13.5. The molecule has 2 unspecified atom stereocenters. The van der Waals surface area contributed by atoms with E-state index < -0.39 is 5.82 Å². The first-order valence-corrected chi connectivity index (χ1v) is 6.65. The summed E-state index contributed by atoms with van der Waals surface area (Å²) >= 11 is 11.6. The van der Waals surface area contributed by atoms with E-state index in [9.17, 15) is 9.18 Å². The molecule has 2 atom stereocenters. The molecule has 1 N–H and O–H groups in total. The zero-order valence-electron chi connectivity index (χ0n) is 10.3. The smallest absolute Gasteiger partial charge is 0.224 e. The summed E-state index contributed by atoms with van der Waals surface area (Å²) in [5.74, 6) is -0.101. The zero-order chi connectivity index (χ0) is 13.7. The topological polar surface area (TPSA) is 29.1 Å². The van der Waals surface area contributed by atoms with Crippen molar-refractivity contribution in [2.75, 3.05) is 5.88 Å². The van der Waals surface area contributed by atoms with Gasteiger partial charge < -0.3 is 5.32 Å². The third-order valence-corrected chi connectivity index (χ3v) is 3.73. The summed E-state index contributed by atoms with van der Waals surface area (Å²) in [6.07, 6.45) is -0.0646. The van der Waals surface area contributed by atoms with Crippen LogP contribution in [0, 0.1) is 11.7 Å². The quantitative estimate of drug-likeness (QED) is 0.828. The van der Waals surface area contributed by atoms with Crippen LogP contribution in [0.3, 0.4) is 0 Å². The van der Waals surface area contributed by atoms with E-state index >= 15 is 0 Å². The van der Waals surface area contributed by atoms with E-state index in [4.69, 9.17) is 23.2 Å². The highest BCUT2D eigenvalue weighted by Gasteiger charge is 2.16. The first-order chi connectivity index (χ1) is 8.45. The molecule has 2 nitrogen and oxygen atoms in total.